The third-order valence-corrected chi connectivity index (χ3v) is 4.54. The van der Waals surface area contributed by atoms with Crippen LogP contribution in [0.4, 0.5) is 11.8 Å². The van der Waals surface area contributed by atoms with Crippen molar-refractivity contribution in [3.05, 3.63) is 30.7 Å². The van der Waals surface area contributed by atoms with Gasteiger partial charge in [-0.1, -0.05) is 0 Å². The number of aromatic nitrogens is 3. The molecule has 124 valence electrons. The van der Waals surface area contributed by atoms with Gasteiger partial charge in [-0.3, -0.25) is 4.98 Å². The average molecular weight is 325 g/mol. The number of hydrogen-bond donors (Lipinski definition) is 3. The Morgan fingerprint density at radius 2 is 2.25 bits per heavy atom. The number of furan rings is 1. The van der Waals surface area contributed by atoms with Crippen molar-refractivity contribution in [2.24, 2.45) is 5.92 Å². The van der Waals surface area contributed by atoms with Gasteiger partial charge in [0.2, 0.25) is 5.95 Å². The predicted molar refractivity (Wildman–Crippen MR) is 91.3 cm³/mol. The fraction of sp³-hybridized carbons (Fsp3) is 0.353. The molecule has 3 aromatic heterocycles. The number of rotatable bonds is 4. The molecule has 3 heterocycles. The molecule has 0 radical (unpaired) electrons. The molecule has 1 fully saturated rings. The molecule has 0 aliphatic heterocycles. The largest absolute Gasteiger partial charge is 0.454 e. The minimum absolute atomic E-state index is 0.218. The molecule has 7 nitrogen and oxygen atoms in total. The Bertz CT molecular complexity index is 830. The number of nitrogens with zero attached hydrogens (tertiary/aromatic N) is 3. The summed E-state index contributed by atoms with van der Waals surface area (Å²) in [4.78, 5) is 12.5. The lowest BCUT2D eigenvalue weighted by Gasteiger charge is -2.15. The maximum Gasteiger partial charge on any atom is 0.221 e. The van der Waals surface area contributed by atoms with E-state index in [4.69, 9.17) is 10.2 Å². The van der Waals surface area contributed by atoms with Crippen molar-refractivity contribution in [2.75, 3.05) is 17.7 Å². The number of nitrogen functional groups attached to an aromatic ring is 1. The van der Waals surface area contributed by atoms with Gasteiger partial charge in [-0.25, -0.2) is 4.98 Å². The molecule has 3 aromatic rings. The molecule has 0 saturated heterocycles. The van der Waals surface area contributed by atoms with Crippen LogP contribution in [0, 0.1) is 5.92 Å². The molecule has 1 saturated carbocycles. The Labute approximate surface area is 138 Å². The van der Waals surface area contributed by atoms with Gasteiger partial charge in [0.05, 0.1) is 11.8 Å². The van der Waals surface area contributed by atoms with E-state index in [2.05, 4.69) is 20.3 Å². The standard InChI is InChI=1S/C17H19N5O2/c18-17-20-7-13(14-6-11-3-4-19-8-15(11)24-14)16(22-17)21-12-2-1-10(5-12)9-23/h3-4,6-8,10,12,23H,1-2,5,9H2,(H3,18,20,21,22). The van der Waals surface area contributed by atoms with Gasteiger partial charge in [-0.15, -0.1) is 0 Å². The first kappa shape index (κ1) is 14.9. The summed E-state index contributed by atoms with van der Waals surface area (Å²) in [5, 5.41) is 13.7. The van der Waals surface area contributed by atoms with Crippen LogP contribution in [0.5, 0.6) is 0 Å². The molecular weight excluding hydrogens is 306 g/mol. The van der Waals surface area contributed by atoms with Crippen LogP contribution in [0.2, 0.25) is 0 Å². The molecule has 1 aliphatic rings. The summed E-state index contributed by atoms with van der Waals surface area (Å²) in [6, 6.07) is 4.11. The lowest BCUT2D eigenvalue weighted by atomic mass is 10.1. The van der Waals surface area contributed by atoms with E-state index in [1.807, 2.05) is 12.1 Å². The average Bonchev–Trinajstić information content (AvgIpc) is 3.21. The van der Waals surface area contributed by atoms with Crippen LogP contribution in [0.3, 0.4) is 0 Å². The maximum atomic E-state index is 9.31. The molecule has 0 amide bonds. The molecule has 2 atom stereocenters. The van der Waals surface area contributed by atoms with Gasteiger partial charge < -0.3 is 20.6 Å². The number of nitrogens with two attached hydrogens (primary N) is 1. The summed E-state index contributed by atoms with van der Waals surface area (Å²) in [7, 11) is 0. The van der Waals surface area contributed by atoms with Gasteiger partial charge in [0, 0.05) is 30.4 Å². The number of aliphatic hydroxyl groups is 1. The van der Waals surface area contributed by atoms with Crippen molar-refractivity contribution in [1.29, 1.82) is 0 Å². The lowest BCUT2D eigenvalue weighted by molar-refractivity contribution is 0.229. The van der Waals surface area contributed by atoms with Gasteiger partial charge in [0.25, 0.3) is 0 Å². The van der Waals surface area contributed by atoms with Crippen molar-refractivity contribution < 1.29 is 9.52 Å². The summed E-state index contributed by atoms with van der Waals surface area (Å²) in [6.07, 6.45) is 8.03. The topological polar surface area (TPSA) is 110 Å². The smallest absolute Gasteiger partial charge is 0.221 e. The van der Waals surface area contributed by atoms with E-state index in [1.165, 1.54) is 0 Å². The minimum atomic E-state index is 0.218. The van der Waals surface area contributed by atoms with Crippen molar-refractivity contribution in [3.63, 3.8) is 0 Å². The molecule has 0 bridgehead atoms. The highest BCUT2D eigenvalue weighted by Crippen LogP contribution is 2.34. The zero-order valence-corrected chi connectivity index (χ0v) is 13.1. The first-order valence-electron chi connectivity index (χ1n) is 8.07. The Morgan fingerprint density at radius 1 is 1.33 bits per heavy atom. The van der Waals surface area contributed by atoms with E-state index in [1.54, 1.807) is 18.6 Å². The highest BCUT2D eigenvalue weighted by Gasteiger charge is 2.25. The predicted octanol–water partition coefficient (Wildman–Crippen LogP) is 2.44. The second-order valence-electron chi connectivity index (χ2n) is 6.22. The Kier molecular flexibility index (Phi) is 3.78. The van der Waals surface area contributed by atoms with Crippen LogP contribution in [-0.4, -0.2) is 32.7 Å². The van der Waals surface area contributed by atoms with Crippen LogP contribution in [0.15, 0.2) is 35.1 Å². The molecule has 1 aliphatic carbocycles. The number of anilines is 2. The number of pyridine rings is 1. The first-order valence-corrected chi connectivity index (χ1v) is 8.07. The third kappa shape index (κ3) is 2.78. The van der Waals surface area contributed by atoms with Gasteiger partial charge in [0.1, 0.15) is 11.6 Å². The lowest BCUT2D eigenvalue weighted by Crippen LogP contribution is -2.18. The SMILES string of the molecule is Nc1ncc(-c2cc3ccncc3o2)c(NC2CCC(CO)C2)n1. The van der Waals surface area contributed by atoms with E-state index in [9.17, 15) is 5.11 Å². The van der Waals surface area contributed by atoms with E-state index in [0.29, 0.717) is 17.5 Å². The summed E-state index contributed by atoms with van der Waals surface area (Å²) >= 11 is 0. The first-order chi connectivity index (χ1) is 11.7. The fourth-order valence-corrected chi connectivity index (χ4v) is 3.27. The molecule has 0 spiro atoms. The molecule has 4 rings (SSSR count). The van der Waals surface area contributed by atoms with Crippen LogP contribution < -0.4 is 11.1 Å². The van der Waals surface area contributed by atoms with E-state index in [0.717, 1.165) is 35.8 Å². The Balaban J connectivity index is 1.68. The van der Waals surface area contributed by atoms with Crippen LogP contribution in [0.1, 0.15) is 19.3 Å². The van der Waals surface area contributed by atoms with Crippen molar-refractivity contribution in [2.45, 2.75) is 25.3 Å². The number of fused-ring (bicyclic) bond motifs is 1. The molecule has 7 heteroatoms. The third-order valence-electron chi connectivity index (χ3n) is 4.54. The zero-order chi connectivity index (χ0) is 16.5. The molecule has 4 N–H and O–H groups in total. The molecule has 2 unspecified atom stereocenters. The normalized spacial score (nSPS) is 20.5. The molecular formula is C17H19N5O2. The zero-order valence-electron chi connectivity index (χ0n) is 13.1. The summed E-state index contributed by atoms with van der Waals surface area (Å²) in [5.74, 6) is 1.91. The van der Waals surface area contributed by atoms with Gasteiger partial charge >= 0.3 is 0 Å². The summed E-state index contributed by atoms with van der Waals surface area (Å²) in [6.45, 7) is 0.230. The number of nitrogens with one attached hydrogen (secondary N) is 1. The monoisotopic (exact) mass is 325 g/mol. The Morgan fingerprint density at radius 3 is 3.04 bits per heavy atom. The summed E-state index contributed by atoms with van der Waals surface area (Å²) < 4.78 is 5.88. The summed E-state index contributed by atoms with van der Waals surface area (Å²) in [5.41, 5.74) is 7.26. The van der Waals surface area contributed by atoms with E-state index in [-0.39, 0.29) is 18.6 Å². The van der Waals surface area contributed by atoms with Gasteiger partial charge in [-0.05, 0) is 37.3 Å². The second-order valence-corrected chi connectivity index (χ2v) is 6.22. The number of hydrogen-bond acceptors (Lipinski definition) is 7. The molecule has 24 heavy (non-hydrogen) atoms. The van der Waals surface area contributed by atoms with Crippen LogP contribution >= 0.6 is 0 Å². The van der Waals surface area contributed by atoms with Gasteiger partial charge in [-0.2, -0.15) is 4.98 Å². The van der Waals surface area contributed by atoms with E-state index < -0.39 is 0 Å². The van der Waals surface area contributed by atoms with Crippen LogP contribution in [-0.2, 0) is 0 Å². The number of aliphatic hydroxyl groups excluding tert-OH is 1. The molecule has 0 aromatic carbocycles. The van der Waals surface area contributed by atoms with Gasteiger partial charge in [0.15, 0.2) is 5.58 Å². The van der Waals surface area contributed by atoms with E-state index >= 15 is 0 Å². The van der Waals surface area contributed by atoms with Crippen LogP contribution in [0.25, 0.3) is 22.3 Å². The Hall–Kier alpha value is -2.67. The quantitative estimate of drug-likeness (QED) is 0.675. The fourth-order valence-electron chi connectivity index (χ4n) is 3.27. The van der Waals surface area contributed by atoms with Crippen molar-refractivity contribution in [3.8, 4) is 11.3 Å². The van der Waals surface area contributed by atoms with Crippen molar-refractivity contribution in [1.82, 2.24) is 15.0 Å². The highest BCUT2D eigenvalue weighted by molar-refractivity contribution is 5.84. The minimum Gasteiger partial charge on any atom is -0.454 e. The maximum absolute atomic E-state index is 9.31. The highest BCUT2D eigenvalue weighted by atomic mass is 16.3. The van der Waals surface area contributed by atoms with Crippen molar-refractivity contribution >= 4 is 22.7 Å². The second kappa shape index (κ2) is 6.09.